The van der Waals surface area contributed by atoms with Crippen LogP contribution < -0.4 is 5.32 Å². The lowest BCUT2D eigenvalue weighted by Crippen LogP contribution is -2.39. The van der Waals surface area contributed by atoms with Crippen LogP contribution in [0.4, 0.5) is 10.5 Å². The number of nitrogens with zero attached hydrogens (tertiary/aromatic N) is 3. The summed E-state index contributed by atoms with van der Waals surface area (Å²) in [4.78, 5) is 14.2. The molecule has 7 nitrogen and oxygen atoms in total. The van der Waals surface area contributed by atoms with Gasteiger partial charge in [0.1, 0.15) is 0 Å². The van der Waals surface area contributed by atoms with Gasteiger partial charge in [-0.3, -0.25) is 0 Å². The molecule has 2 amide bonds. The summed E-state index contributed by atoms with van der Waals surface area (Å²) in [6.45, 7) is 3.81. The maximum Gasteiger partial charge on any atom is 0.321 e. The van der Waals surface area contributed by atoms with Gasteiger partial charge in [0.15, 0.2) is 0 Å². The lowest BCUT2D eigenvalue weighted by Gasteiger charge is -2.23. The number of ether oxygens (including phenoxy) is 1. The Morgan fingerprint density at radius 1 is 1.48 bits per heavy atom. The van der Waals surface area contributed by atoms with Crippen molar-refractivity contribution in [2.45, 2.75) is 6.92 Å². The molecule has 0 aliphatic carbocycles. The van der Waals surface area contributed by atoms with Crippen LogP contribution in [0.15, 0.2) is 24.3 Å². The first-order chi connectivity index (χ1) is 11.2. The van der Waals surface area contributed by atoms with Crippen LogP contribution in [0.3, 0.4) is 0 Å². The number of aliphatic hydroxyl groups is 1. The van der Waals surface area contributed by atoms with Gasteiger partial charge in [0.2, 0.25) is 0 Å². The van der Waals surface area contributed by atoms with Gasteiger partial charge in [-0.15, -0.1) is 0 Å². The minimum atomic E-state index is -0.198. The van der Waals surface area contributed by atoms with Gasteiger partial charge in [-0.05, 0) is 25.1 Å². The van der Waals surface area contributed by atoms with Gasteiger partial charge in [-0.2, -0.15) is 10.2 Å². The van der Waals surface area contributed by atoms with Crippen molar-refractivity contribution in [3.63, 3.8) is 0 Å². The van der Waals surface area contributed by atoms with E-state index >= 15 is 0 Å². The van der Waals surface area contributed by atoms with Crippen molar-refractivity contribution in [3.05, 3.63) is 30.0 Å². The van der Waals surface area contributed by atoms with E-state index in [-0.39, 0.29) is 18.6 Å². The van der Waals surface area contributed by atoms with Crippen LogP contribution in [0, 0.1) is 12.8 Å². The van der Waals surface area contributed by atoms with E-state index in [4.69, 9.17) is 4.74 Å². The fraction of sp³-hybridized carbons (Fsp3) is 0.438. The zero-order valence-corrected chi connectivity index (χ0v) is 13.0. The minimum absolute atomic E-state index is 0.00678. The third-order valence-corrected chi connectivity index (χ3v) is 3.88. The van der Waals surface area contributed by atoms with Crippen LogP contribution in [-0.4, -0.2) is 59.1 Å². The molecule has 1 aliphatic rings. The predicted molar refractivity (Wildman–Crippen MR) is 86.3 cm³/mol. The smallest absolute Gasteiger partial charge is 0.321 e. The van der Waals surface area contributed by atoms with Crippen molar-refractivity contribution in [1.29, 1.82) is 0 Å². The zero-order chi connectivity index (χ0) is 16.2. The van der Waals surface area contributed by atoms with Gasteiger partial charge in [0.25, 0.3) is 0 Å². The summed E-state index contributed by atoms with van der Waals surface area (Å²) < 4.78 is 5.41. The second-order valence-corrected chi connectivity index (χ2v) is 5.72. The highest BCUT2D eigenvalue weighted by Crippen LogP contribution is 2.22. The summed E-state index contributed by atoms with van der Waals surface area (Å²) in [7, 11) is 0. The van der Waals surface area contributed by atoms with E-state index in [1.807, 2.05) is 31.2 Å². The van der Waals surface area contributed by atoms with E-state index in [0.29, 0.717) is 32.0 Å². The molecule has 2 N–H and O–H groups in total. The second kappa shape index (κ2) is 6.89. The number of aliphatic hydroxyl groups excluding tert-OH is 1. The van der Waals surface area contributed by atoms with E-state index in [9.17, 15) is 9.90 Å². The Morgan fingerprint density at radius 2 is 2.35 bits per heavy atom. The molecule has 1 atom stereocenters. The summed E-state index contributed by atoms with van der Waals surface area (Å²) in [5, 5.41) is 21.3. The summed E-state index contributed by atoms with van der Waals surface area (Å²) in [6.07, 6.45) is 0. The molecule has 0 spiro atoms. The van der Waals surface area contributed by atoms with E-state index in [1.54, 1.807) is 4.90 Å². The van der Waals surface area contributed by atoms with Crippen LogP contribution >= 0.6 is 0 Å². The molecule has 1 aliphatic heterocycles. The second-order valence-electron chi connectivity index (χ2n) is 5.72. The Morgan fingerprint density at radius 3 is 3.17 bits per heavy atom. The molecule has 1 fully saturated rings. The molecule has 2 heterocycles. The molecule has 23 heavy (non-hydrogen) atoms. The third-order valence-electron chi connectivity index (χ3n) is 3.88. The topological polar surface area (TPSA) is 87.6 Å². The van der Waals surface area contributed by atoms with Crippen LogP contribution in [0.5, 0.6) is 0 Å². The number of amides is 2. The molecule has 1 saturated heterocycles. The van der Waals surface area contributed by atoms with Crippen molar-refractivity contribution < 1.29 is 14.6 Å². The standard InChI is InChI=1S/C16H20N4O3/c1-11-7-13-14(3-2-4-15(13)19-18-11)17-16(22)20-5-6-23-10-12(8-20)9-21/h2-4,7,12,21H,5-6,8-10H2,1H3,(H,17,22)/t12-/m0/s1. The van der Waals surface area contributed by atoms with Crippen LogP contribution in [-0.2, 0) is 4.74 Å². The van der Waals surface area contributed by atoms with Crippen LogP contribution in [0.1, 0.15) is 5.69 Å². The van der Waals surface area contributed by atoms with Gasteiger partial charge in [-0.25, -0.2) is 4.79 Å². The fourth-order valence-corrected chi connectivity index (χ4v) is 2.64. The van der Waals surface area contributed by atoms with Crippen molar-refractivity contribution in [2.24, 2.45) is 5.92 Å². The zero-order valence-electron chi connectivity index (χ0n) is 13.0. The number of aryl methyl sites for hydroxylation is 1. The summed E-state index contributed by atoms with van der Waals surface area (Å²) in [5.41, 5.74) is 2.24. The maximum atomic E-state index is 12.6. The predicted octanol–water partition coefficient (Wildman–Crippen LogP) is 1.41. The molecule has 3 rings (SSSR count). The molecule has 0 bridgehead atoms. The third kappa shape index (κ3) is 3.57. The molecule has 0 unspecified atom stereocenters. The SMILES string of the molecule is Cc1cc2c(NC(=O)N3CCOC[C@H](CO)C3)cccc2nn1. The Bertz CT molecular complexity index is 707. The van der Waals surface area contributed by atoms with E-state index in [2.05, 4.69) is 15.5 Å². The van der Waals surface area contributed by atoms with Gasteiger partial charge >= 0.3 is 6.03 Å². The number of hydrogen-bond acceptors (Lipinski definition) is 5. The Balaban J connectivity index is 1.81. The number of urea groups is 1. The monoisotopic (exact) mass is 316 g/mol. The number of fused-ring (bicyclic) bond motifs is 1. The quantitative estimate of drug-likeness (QED) is 0.874. The molecule has 1 aromatic carbocycles. The molecule has 0 saturated carbocycles. The number of rotatable bonds is 2. The first-order valence-electron chi connectivity index (χ1n) is 7.65. The number of carbonyl (C=O) groups is 1. The van der Waals surface area contributed by atoms with E-state index in [1.165, 1.54) is 0 Å². The number of anilines is 1. The molecule has 7 heteroatoms. The van der Waals surface area contributed by atoms with Crippen molar-refractivity contribution in [3.8, 4) is 0 Å². The highest BCUT2D eigenvalue weighted by atomic mass is 16.5. The van der Waals surface area contributed by atoms with E-state index in [0.717, 1.165) is 16.6 Å². The molecular weight excluding hydrogens is 296 g/mol. The molecular formula is C16H20N4O3. The van der Waals surface area contributed by atoms with Gasteiger partial charge in [0, 0.05) is 31.0 Å². The summed E-state index contributed by atoms with van der Waals surface area (Å²) in [6, 6.07) is 7.25. The largest absolute Gasteiger partial charge is 0.396 e. The van der Waals surface area contributed by atoms with Gasteiger partial charge < -0.3 is 20.1 Å². The lowest BCUT2D eigenvalue weighted by molar-refractivity contribution is 0.0958. The Hall–Kier alpha value is -2.25. The van der Waals surface area contributed by atoms with Crippen molar-refractivity contribution in [1.82, 2.24) is 15.1 Å². The molecule has 1 aromatic heterocycles. The average Bonchev–Trinajstić information content (AvgIpc) is 2.81. The maximum absolute atomic E-state index is 12.6. The van der Waals surface area contributed by atoms with Crippen molar-refractivity contribution in [2.75, 3.05) is 38.2 Å². The van der Waals surface area contributed by atoms with Crippen LogP contribution in [0.25, 0.3) is 10.9 Å². The summed E-state index contributed by atoms with van der Waals surface area (Å²) in [5.74, 6) is -0.0520. The number of aromatic nitrogens is 2. The Kier molecular flexibility index (Phi) is 4.68. The number of nitrogens with one attached hydrogen (secondary N) is 1. The minimum Gasteiger partial charge on any atom is -0.396 e. The van der Waals surface area contributed by atoms with E-state index < -0.39 is 0 Å². The molecule has 0 radical (unpaired) electrons. The summed E-state index contributed by atoms with van der Waals surface area (Å²) >= 11 is 0. The normalized spacial score (nSPS) is 18.7. The molecule has 2 aromatic rings. The molecule has 122 valence electrons. The first-order valence-corrected chi connectivity index (χ1v) is 7.65. The average molecular weight is 316 g/mol. The fourth-order valence-electron chi connectivity index (χ4n) is 2.64. The lowest BCUT2D eigenvalue weighted by atomic mass is 10.1. The highest BCUT2D eigenvalue weighted by molar-refractivity contribution is 6.00. The Labute approximate surface area is 134 Å². The van der Waals surface area contributed by atoms with Gasteiger partial charge in [0.05, 0.1) is 30.1 Å². The first kappa shape index (κ1) is 15.6. The van der Waals surface area contributed by atoms with Crippen LogP contribution in [0.2, 0.25) is 0 Å². The number of hydrogen-bond donors (Lipinski definition) is 2. The highest BCUT2D eigenvalue weighted by Gasteiger charge is 2.22. The van der Waals surface area contributed by atoms with Crippen molar-refractivity contribution >= 4 is 22.6 Å². The van der Waals surface area contributed by atoms with Gasteiger partial charge in [-0.1, -0.05) is 6.07 Å². The number of benzene rings is 1. The number of carbonyl (C=O) groups excluding carboxylic acids is 1.